The van der Waals surface area contributed by atoms with Crippen molar-refractivity contribution in [3.8, 4) is 5.69 Å². The zero-order valence-electron chi connectivity index (χ0n) is 16.6. The second-order valence-electron chi connectivity index (χ2n) is 7.21. The van der Waals surface area contributed by atoms with Crippen LogP contribution < -0.4 is 5.32 Å². The van der Waals surface area contributed by atoms with Gasteiger partial charge in [-0.25, -0.2) is 4.68 Å². The van der Waals surface area contributed by atoms with Gasteiger partial charge in [0.1, 0.15) is 0 Å². The molecule has 0 saturated heterocycles. The summed E-state index contributed by atoms with van der Waals surface area (Å²) in [6.07, 6.45) is -2.90. The number of hydrogen-bond acceptors (Lipinski definition) is 2. The number of amides is 1. The van der Waals surface area contributed by atoms with Crippen LogP contribution in [0.5, 0.6) is 0 Å². The van der Waals surface area contributed by atoms with Crippen LogP contribution >= 0.6 is 23.2 Å². The molecule has 0 unspecified atom stereocenters. The van der Waals surface area contributed by atoms with Gasteiger partial charge in [-0.05, 0) is 55.0 Å². The maximum absolute atomic E-state index is 13.0. The van der Waals surface area contributed by atoms with E-state index in [1.54, 1.807) is 60.3 Å². The minimum absolute atomic E-state index is 0.354. The fourth-order valence-electron chi connectivity index (χ4n) is 3.41. The summed E-state index contributed by atoms with van der Waals surface area (Å²) in [6.45, 7) is 1.63. The monoisotopic (exact) mass is 477 g/mol. The predicted molar refractivity (Wildman–Crippen MR) is 118 cm³/mol. The molecule has 0 aliphatic rings. The normalized spacial score (nSPS) is 12.7. The molecule has 32 heavy (non-hydrogen) atoms. The van der Waals surface area contributed by atoms with Crippen LogP contribution in [0.25, 0.3) is 16.6 Å². The molecule has 4 aromatic rings. The molecule has 0 aliphatic heterocycles. The minimum atomic E-state index is -4.45. The topological polar surface area (TPSA) is 46.9 Å². The number of alkyl halides is 3. The third-order valence-electron chi connectivity index (χ3n) is 5.07. The zero-order chi connectivity index (χ0) is 23.0. The summed E-state index contributed by atoms with van der Waals surface area (Å²) < 4.78 is 40.7. The second-order valence-corrected chi connectivity index (χ2v) is 8.03. The standard InChI is InChI=1S/C23H16Cl2F3N3O/c1-13(14-4-2-5-15(10-14)23(26,27)28)30-22(32)17-6-3-7-21-18(17)12-29-31(21)16-8-9-19(24)20(25)11-16/h2-13H,1H3,(H,30,32)/t13-/m0/s1. The van der Waals surface area contributed by atoms with Gasteiger partial charge in [0.25, 0.3) is 5.91 Å². The van der Waals surface area contributed by atoms with E-state index in [4.69, 9.17) is 23.2 Å². The Morgan fingerprint density at radius 2 is 1.78 bits per heavy atom. The van der Waals surface area contributed by atoms with Crippen molar-refractivity contribution >= 4 is 40.0 Å². The van der Waals surface area contributed by atoms with Gasteiger partial charge in [-0.1, -0.05) is 41.4 Å². The summed E-state index contributed by atoms with van der Waals surface area (Å²) in [5, 5.41) is 8.51. The van der Waals surface area contributed by atoms with Gasteiger partial charge in [0.05, 0.1) is 44.6 Å². The van der Waals surface area contributed by atoms with Crippen LogP contribution in [0.2, 0.25) is 10.0 Å². The molecule has 1 amide bonds. The molecule has 0 spiro atoms. The number of nitrogens with zero attached hydrogens (tertiary/aromatic N) is 2. The SMILES string of the molecule is C[C@H](NC(=O)c1cccc2c1cnn2-c1ccc(Cl)c(Cl)c1)c1cccc(C(F)(F)F)c1. The van der Waals surface area contributed by atoms with E-state index < -0.39 is 23.7 Å². The van der Waals surface area contributed by atoms with Crippen molar-refractivity contribution in [3.05, 3.63) is 93.6 Å². The summed E-state index contributed by atoms with van der Waals surface area (Å²) in [4.78, 5) is 13.0. The van der Waals surface area contributed by atoms with Crippen LogP contribution in [-0.4, -0.2) is 15.7 Å². The summed E-state index contributed by atoms with van der Waals surface area (Å²) in [5.41, 5.74) is 1.28. The number of carbonyl (C=O) groups is 1. The Morgan fingerprint density at radius 3 is 2.50 bits per heavy atom. The zero-order valence-corrected chi connectivity index (χ0v) is 18.1. The number of hydrogen-bond donors (Lipinski definition) is 1. The first-order chi connectivity index (χ1) is 15.1. The van der Waals surface area contributed by atoms with E-state index in [2.05, 4.69) is 10.4 Å². The number of halogens is 5. The number of nitrogens with one attached hydrogen (secondary N) is 1. The lowest BCUT2D eigenvalue weighted by Crippen LogP contribution is -2.27. The van der Waals surface area contributed by atoms with Crippen molar-refractivity contribution in [2.24, 2.45) is 0 Å². The Kier molecular flexibility index (Phi) is 5.88. The number of fused-ring (bicyclic) bond motifs is 1. The minimum Gasteiger partial charge on any atom is -0.345 e. The van der Waals surface area contributed by atoms with E-state index in [0.717, 1.165) is 12.1 Å². The van der Waals surface area contributed by atoms with Crippen molar-refractivity contribution in [2.45, 2.75) is 19.1 Å². The first-order valence-electron chi connectivity index (χ1n) is 9.55. The molecule has 4 nitrogen and oxygen atoms in total. The van der Waals surface area contributed by atoms with Crippen molar-refractivity contribution in [3.63, 3.8) is 0 Å². The third kappa shape index (κ3) is 4.31. The largest absolute Gasteiger partial charge is 0.416 e. The summed E-state index contributed by atoms with van der Waals surface area (Å²) >= 11 is 12.1. The van der Waals surface area contributed by atoms with Crippen molar-refractivity contribution in [1.82, 2.24) is 15.1 Å². The van der Waals surface area contributed by atoms with E-state index in [9.17, 15) is 18.0 Å². The Labute approximate surface area is 191 Å². The van der Waals surface area contributed by atoms with Crippen LogP contribution in [0, 0.1) is 0 Å². The van der Waals surface area contributed by atoms with Gasteiger partial charge in [-0.3, -0.25) is 4.79 Å². The molecule has 164 valence electrons. The highest BCUT2D eigenvalue weighted by Gasteiger charge is 2.30. The van der Waals surface area contributed by atoms with Gasteiger partial charge < -0.3 is 5.32 Å². The second kappa shape index (κ2) is 8.48. The summed E-state index contributed by atoms with van der Waals surface area (Å²) in [5.74, 6) is -0.422. The number of rotatable bonds is 4. The Balaban J connectivity index is 1.63. The van der Waals surface area contributed by atoms with E-state index in [0.29, 0.717) is 37.8 Å². The quantitative estimate of drug-likeness (QED) is 0.349. The lowest BCUT2D eigenvalue weighted by Gasteiger charge is -2.16. The van der Waals surface area contributed by atoms with Gasteiger partial charge in [0.2, 0.25) is 0 Å². The molecule has 0 bridgehead atoms. The van der Waals surface area contributed by atoms with Gasteiger partial charge in [-0.15, -0.1) is 0 Å². The van der Waals surface area contributed by atoms with Crippen LogP contribution in [0.3, 0.4) is 0 Å². The molecule has 1 heterocycles. The van der Waals surface area contributed by atoms with Crippen LogP contribution in [0.1, 0.15) is 34.5 Å². The lowest BCUT2D eigenvalue weighted by atomic mass is 10.0. The van der Waals surface area contributed by atoms with Crippen LogP contribution in [0.4, 0.5) is 13.2 Å². The number of benzene rings is 3. The molecule has 1 N–H and O–H groups in total. The Hall–Kier alpha value is -3.03. The Morgan fingerprint density at radius 1 is 1.03 bits per heavy atom. The average Bonchev–Trinajstić information content (AvgIpc) is 3.19. The molecule has 4 rings (SSSR count). The summed E-state index contributed by atoms with van der Waals surface area (Å²) in [6, 6.07) is 14.5. The van der Waals surface area contributed by atoms with E-state index in [-0.39, 0.29) is 0 Å². The highest BCUT2D eigenvalue weighted by molar-refractivity contribution is 6.42. The maximum atomic E-state index is 13.0. The van der Waals surface area contributed by atoms with Crippen molar-refractivity contribution in [1.29, 1.82) is 0 Å². The molecule has 9 heteroatoms. The summed E-state index contributed by atoms with van der Waals surface area (Å²) in [7, 11) is 0. The van der Waals surface area contributed by atoms with Crippen LogP contribution in [-0.2, 0) is 6.18 Å². The molecule has 0 radical (unpaired) electrons. The molecule has 1 atom stereocenters. The van der Waals surface area contributed by atoms with E-state index >= 15 is 0 Å². The fraction of sp³-hybridized carbons (Fsp3) is 0.130. The van der Waals surface area contributed by atoms with Gasteiger partial charge >= 0.3 is 6.18 Å². The van der Waals surface area contributed by atoms with Crippen molar-refractivity contribution in [2.75, 3.05) is 0 Å². The van der Waals surface area contributed by atoms with Gasteiger partial charge in [0.15, 0.2) is 0 Å². The average molecular weight is 478 g/mol. The van der Waals surface area contributed by atoms with Crippen molar-refractivity contribution < 1.29 is 18.0 Å². The van der Waals surface area contributed by atoms with Crippen LogP contribution in [0.15, 0.2) is 66.9 Å². The smallest absolute Gasteiger partial charge is 0.345 e. The number of aromatic nitrogens is 2. The predicted octanol–water partition coefficient (Wildman–Crippen LogP) is 6.84. The number of carbonyl (C=O) groups excluding carboxylic acids is 1. The molecule has 3 aromatic carbocycles. The molecular weight excluding hydrogens is 462 g/mol. The maximum Gasteiger partial charge on any atom is 0.416 e. The molecule has 0 saturated carbocycles. The van der Waals surface area contributed by atoms with Gasteiger partial charge in [-0.2, -0.15) is 18.3 Å². The molecule has 0 fully saturated rings. The first-order valence-corrected chi connectivity index (χ1v) is 10.3. The first kappa shape index (κ1) is 22.2. The van der Waals surface area contributed by atoms with E-state index in [1.165, 1.54) is 6.07 Å². The fourth-order valence-corrected chi connectivity index (χ4v) is 3.71. The van der Waals surface area contributed by atoms with E-state index in [1.807, 2.05) is 0 Å². The Bertz CT molecular complexity index is 1320. The molecule has 1 aromatic heterocycles. The van der Waals surface area contributed by atoms with Gasteiger partial charge in [0, 0.05) is 5.39 Å². The third-order valence-corrected chi connectivity index (χ3v) is 5.81. The highest BCUT2D eigenvalue weighted by atomic mass is 35.5. The highest BCUT2D eigenvalue weighted by Crippen LogP contribution is 2.31. The molecular formula is C23H16Cl2F3N3O. The molecule has 0 aliphatic carbocycles. The lowest BCUT2D eigenvalue weighted by molar-refractivity contribution is -0.137.